The van der Waals surface area contributed by atoms with Gasteiger partial charge in [-0.3, -0.25) is 4.84 Å². The highest BCUT2D eigenvalue weighted by Crippen LogP contribution is 2.38. The molecule has 2 atom stereocenters. The number of nitrogens with zero attached hydrogens (tertiary/aromatic N) is 1. The fourth-order valence-electron chi connectivity index (χ4n) is 3.22. The van der Waals surface area contributed by atoms with Crippen molar-refractivity contribution in [3.8, 4) is 11.5 Å². The molecule has 0 radical (unpaired) electrons. The van der Waals surface area contributed by atoms with Crippen molar-refractivity contribution < 1.29 is 27.1 Å². The minimum atomic E-state index is -3.64. The van der Waals surface area contributed by atoms with Gasteiger partial charge < -0.3 is 13.9 Å². The molecule has 0 saturated carbocycles. The van der Waals surface area contributed by atoms with Gasteiger partial charge in [-0.25, -0.2) is 13.1 Å². The van der Waals surface area contributed by atoms with Crippen molar-refractivity contribution in [1.82, 2.24) is 9.79 Å². The Bertz CT molecular complexity index is 867. The summed E-state index contributed by atoms with van der Waals surface area (Å²) in [6.07, 6.45) is 1.51. The largest absolute Gasteiger partial charge is 0.486 e. The summed E-state index contributed by atoms with van der Waals surface area (Å²) < 4.78 is 44.6. The van der Waals surface area contributed by atoms with E-state index < -0.39 is 21.3 Å². The molecular weight excluding hydrogens is 360 g/mol. The highest BCUT2D eigenvalue weighted by atomic mass is 32.2. The second-order valence-electron chi connectivity index (χ2n) is 6.17. The molecule has 1 aromatic carbocycles. The third-order valence-electron chi connectivity index (χ3n) is 4.52. The van der Waals surface area contributed by atoms with Crippen LogP contribution in [0.1, 0.15) is 17.4 Å². The minimum Gasteiger partial charge on any atom is -0.486 e. The fourth-order valence-corrected chi connectivity index (χ4v) is 4.68. The van der Waals surface area contributed by atoms with Gasteiger partial charge in [0, 0.05) is 7.05 Å². The topological polar surface area (TPSA) is 90.2 Å². The summed E-state index contributed by atoms with van der Waals surface area (Å²) in [6.45, 7) is 1.15. The summed E-state index contributed by atoms with van der Waals surface area (Å²) in [6, 6.07) is 8.44. The van der Waals surface area contributed by atoms with Crippen molar-refractivity contribution in [3.63, 3.8) is 0 Å². The zero-order chi connectivity index (χ0) is 18.1. The number of sulfonamides is 1. The quantitative estimate of drug-likeness (QED) is 0.840. The first kappa shape index (κ1) is 17.3. The molecule has 2 aliphatic heterocycles. The molecule has 0 bridgehead atoms. The summed E-state index contributed by atoms with van der Waals surface area (Å²) >= 11 is 0. The van der Waals surface area contributed by atoms with Crippen LogP contribution in [0.25, 0.3) is 0 Å². The number of hydrogen-bond donors (Lipinski definition) is 1. The Morgan fingerprint density at radius 2 is 2.00 bits per heavy atom. The van der Waals surface area contributed by atoms with E-state index in [0.29, 0.717) is 30.5 Å². The second-order valence-corrected chi connectivity index (χ2v) is 8.16. The number of hydroxylamine groups is 2. The number of nitrogens with one attached hydrogen (secondary N) is 1. The zero-order valence-electron chi connectivity index (χ0n) is 14.3. The normalized spacial score (nSPS) is 23.3. The standard InChI is InChI=1S/C17H20N2O6S/c1-19-17(12-4-5-14-15(9-12)24-8-7-23-14)16(11-25-19)26(20,21)18-10-13-3-2-6-22-13/h2-6,9,16-18H,7-8,10-11H2,1H3. The lowest BCUT2D eigenvalue weighted by Crippen LogP contribution is -2.39. The lowest BCUT2D eigenvalue weighted by Gasteiger charge is -2.25. The van der Waals surface area contributed by atoms with Crippen LogP contribution < -0.4 is 14.2 Å². The van der Waals surface area contributed by atoms with Gasteiger partial charge in [0.05, 0.1) is 25.5 Å². The van der Waals surface area contributed by atoms with E-state index >= 15 is 0 Å². The summed E-state index contributed by atoms with van der Waals surface area (Å²) in [7, 11) is -1.91. The number of furan rings is 1. The molecule has 1 aromatic heterocycles. The van der Waals surface area contributed by atoms with Crippen LogP contribution in [0, 0.1) is 0 Å². The van der Waals surface area contributed by atoms with Gasteiger partial charge >= 0.3 is 0 Å². The summed E-state index contributed by atoms with van der Waals surface area (Å²) in [4.78, 5) is 5.52. The number of benzene rings is 1. The molecule has 0 spiro atoms. The zero-order valence-corrected chi connectivity index (χ0v) is 15.1. The van der Waals surface area contributed by atoms with Crippen LogP contribution in [-0.4, -0.2) is 45.6 Å². The first-order chi connectivity index (χ1) is 12.5. The Labute approximate surface area is 151 Å². The highest BCUT2D eigenvalue weighted by molar-refractivity contribution is 7.90. The number of ether oxygens (including phenoxy) is 2. The molecule has 1 N–H and O–H groups in total. The van der Waals surface area contributed by atoms with Gasteiger partial charge in [0.25, 0.3) is 0 Å². The maximum atomic E-state index is 12.8. The van der Waals surface area contributed by atoms with Crippen molar-refractivity contribution in [2.45, 2.75) is 17.8 Å². The average molecular weight is 380 g/mol. The van der Waals surface area contributed by atoms with Crippen LogP contribution in [0.4, 0.5) is 0 Å². The smallest absolute Gasteiger partial charge is 0.219 e. The molecule has 2 aromatic rings. The molecule has 0 amide bonds. The maximum Gasteiger partial charge on any atom is 0.219 e. The van der Waals surface area contributed by atoms with E-state index in [1.165, 1.54) is 6.26 Å². The van der Waals surface area contributed by atoms with E-state index in [4.69, 9.17) is 18.7 Å². The molecule has 3 heterocycles. The van der Waals surface area contributed by atoms with Crippen molar-refractivity contribution >= 4 is 10.0 Å². The first-order valence-corrected chi connectivity index (χ1v) is 9.85. The van der Waals surface area contributed by atoms with Gasteiger partial charge in [-0.1, -0.05) is 6.07 Å². The lowest BCUT2D eigenvalue weighted by molar-refractivity contribution is -0.110. The van der Waals surface area contributed by atoms with Gasteiger partial charge in [-0.05, 0) is 29.8 Å². The lowest BCUT2D eigenvalue weighted by atomic mass is 10.0. The van der Waals surface area contributed by atoms with Crippen LogP contribution in [0.2, 0.25) is 0 Å². The van der Waals surface area contributed by atoms with Crippen LogP contribution in [-0.2, 0) is 21.4 Å². The van der Waals surface area contributed by atoms with E-state index in [0.717, 1.165) is 5.56 Å². The summed E-state index contributed by atoms with van der Waals surface area (Å²) in [5.74, 6) is 1.84. The van der Waals surface area contributed by atoms with Crippen LogP contribution in [0.5, 0.6) is 11.5 Å². The first-order valence-electron chi connectivity index (χ1n) is 8.31. The molecule has 140 valence electrons. The predicted molar refractivity (Wildman–Crippen MR) is 92.1 cm³/mol. The van der Waals surface area contributed by atoms with Crippen molar-refractivity contribution in [2.75, 3.05) is 26.9 Å². The number of hydrogen-bond acceptors (Lipinski definition) is 7. The molecule has 1 fully saturated rings. The van der Waals surface area contributed by atoms with Gasteiger partial charge in [0.2, 0.25) is 10.0 Å². The summed E-state index contributed by atoms with van der Waals surface area (Å²) in [5.41, 5.74) is 0.794. The molecular formula is C17H20N2O6S. The van der Waals surface area contributed by atoms with Crippen LogP contribution in [0.15, 0.2) is 41.0 Å². The molecule has 2 aliphatic rings. The molecule has 9 heteroatoms. The predicted octanol–water partition coefficient (Wildman–Crippen LogP) is 1.46. The Morgan fingerprint density at radius 3 is 2.77 bits per heavy atom. The SMILES string of the molecule is CN1OCC(S(=O)(=O)NCc2ccco2)C1c1ccc2c(c1)OCCO2. The van der Waals surface area contributed by atoms with Crippen molar-refractivity contribution in [2.24, 2.45) is 0 Å². The van der Waals surface area contributed by atoms with E-state index in [-0.39, 0.29) is 13.2 Å². The Morgan fingerprint density at radius 1 is 1.19 bits per heavy atom. The van der Waals surface area contributed by atoms with E-state index in [9.17, 15) is 8.42 Å². The molecule has 2 unspecified atom stereocenters. The Hall–Kier alpha value is -2.07. The molecule has 1 saturated heterocycles. The Balaban J connectivity index is 1.57. The van der Waals surface area contributed by atoms with E-state index in [1.807, 2.05) is 12.1 Å². The van der Waals surface area contributed by atoms with E-state index in [1.54, 1.807) is 30.3 Å². The van der Waals surface area contributed by atoms with Crippen LogP contribution >= 0.6 is 0 Å². The minimum absolute atomic E-state index is 0.0725. The third-order valence-corrected chi connectivity index (χ3v) is 6.26. The monoisotopic (exact) mass is 380 g/mol. The average Bonchev–Trinajstić information content (AvgIpc) is 3.29. The van der Waals surface area contributed by atoms with Crippen LogP contribution in [0.3, 0.4) is 0 Å². The van der Waals surface area contributed by atoms with Gasteiger partial charge in [-0.15, -0.1) is 0 Å². The Kier molecular flexibility index (Phi) is 4.62. The molecule has 4 rings (SSSR count). The van der Waals surface area contributed by atoms with Crippen molar-refractivity contribution in [3.05, 3.63) is 47.9 Å². The van der Waals surface area contributed by atoms with Gasteiger partial charge in [-0.2, -0.15) is 5.06 Å². The number of fused-ring (bicyclic) bond motifs is 1. The molecule has 8 nitrogen and oxygen atoms in total. The van der Waals surface area contributed by atoms with Crippen molar-refractivity contribution in [1.29, 1.82) is 0 Å². The molecule has 26 heavy (non-hydrogen) atoms. The third kappa shape index (κ3) is 3.30. The molecule has 0 aliphatic carbocycles. The maximum absolute atomic E-state index is 12.8. The van der Waals surface area contributed by atoms with Gasteiger partial charge in [0.1, 0.15) is 24.2 Å². The summed E-state index contributed by atoms with van der Waals surface area (Å²) in [5, 5.41) is 0.812. The highest BCUT2D eigenvalue weighted by Gasteiger charge is 2.43. The van der Waals surface area contributed by atoms with E-state index in [2.05, 4.69) is 4.72 Å². The fraction of sp³-hybridized carbons (Fsp3) is 0.412. The second kappa shape index (κ2) is 6.92. The number of rotatable bonds is 5. The van der Waals surface area contributed by atoms with Gasteiger partial charge in [0.15, 0.2) is 11.5 Å².